The fourth-order valence-electron chi connectivity index (χ4n) is 3.13. The van der Waals surface area contributed by atoms with Crippen LogP contribution >= 0.6 is 0 Å². The minimum absolute atomic E-state index is 0.196. The first-order valence-electron chi connectivity index (χ1n) is 10.2. The summed E-state index contributed by atoms with van der Waals surface area (Å²) in [6.07, 6.45) is 0. The largest absolute Gasteiger partial charge is 0.482 e. The van der Waals surface area contributed by atoms with E-state index in [0.29, 0.717) is 17.1 Å². The van der Waals surface area contributed by atoms with Crippen molar-refractivity contribution in [3.8, 4) is 11.5 Å². The zero-order valence-electron chi connectivity index (χ0n) is 18.3. The number of nitrogens with one attached hydrogen (secondary N) is 1. The van der Waals surface area contributed by atoms with Gasteiger partial charge >= 0.3 is 5.97 Å². The van der Waals surface area contributed by atoms with Crippen molar-refractivity contribution in [1.29, 1.82) is 0 Å². The summed E-state index contributed by atoms with van der Waals surface area (Å²) in [5.74, 6) is 0.586. The number of amides is 1. The van der Waals surface area contributed by atoms with E-state index in [9.17, 15) is 9.59 Å². The Morgan fingerprint density at radius 1 is 0.935 bits per heavy atom. The van der Waals surface area contributed by atoms with Crippen LogP contribution in [0.3, 0.4) is 0 Å². The Labute approximate surface area is 183 Å². The molecule has 1 N–H and O–H groups in total. The number of para-hydroxylation sites is 1. The second kappa shape index (κ2) is 9.94. The van der Waals surface area contributed by atoms with E-state index in [-0.39, 0.29) is 18.4 Å². The van der Waals surface area contributed by atoms with E-state index in [1.165, 1.54) is 0 Å². The van der Waals surface area contributed by atoms with Crippen LogP contribution in [-0.2, 0) is 4.79 Å². The molecule has 0 saturated carbocycles. The molecule has 3 aromatic rings. The van der Waals surface area contributed by atoms with Crippen molar-refractivity contribution in [3.05, 3.63) is 89.0 Å². The van der Waals surface area contributed by atoms with E-state index < -0.39 is 5.97 Å². The fraction of sp³-hybridized carbons (Fsp3) is 0.231. The number of esters is 1. The van der Waals surface area contributed by atoms with Gasteiger partial charge < -0.3 is 14.8 Å². The third-order valence-electron chi connectivity index (χ3n) is 4.88. The Morgan fingerprint density at radius 2 is 1.65 bits per heavy atom. The summed E-state index contributed by atoms with van der Waals surface area (Å²) in [6, 6.07) is 20.0. The fourth-order valence-corrected chi connectivity index (χ4v) is 3.13. The zero-order valence-corrected chi connectivity index (χ0v) is 18.3. The molecule has 0 atom stereocenters. The van der Waals surface area contributed by atoms with Crippen molar-refractivity contribution < 1.29 is 19.1 Å². The van der Waals surface area contributed by atoms with Gasteiger partial charge in [-0.25, -0.2) is 4.79 Å². The second-order valence-electron chi connectivity index (χ2n) is 7.75. The molecule has 0 aliphatic rings. The Morgan fingerprint density at radius 3 is 2.35 bits per heavy atom. The van der Waals surface area contributed by atoms with Gasteiger partial charge in [0.2, 0.25) is 0 Å². The van der Waals surface area contributed by atoms with E-state index in [0.717, 1.165) is 22.4 Å². The molecular formula is C26H27NO4. The predicted molar refractivity (Wildman–Crippen MR) is 122 cm³/mol. The highest BCUT2D eigenvalue weighted by atomic mass is 16.6. The van der Waals surface area contributed by atoms with Gasteiger partial charge in [-0.15, -0.1) is 0 Å². The third kappa shape index (κ3) is 5.95. The lowest BCUT2D eigenvalue weighted by Crippen LogP contribution is -2.18. The van der Waals surface area contributed by atoms with Gasteiger partial charge in [0.05, 0.1) is 0 Å². The van der Waals surface area contributed by atoms with Gasteiger partial charge in [-0.3, -0.25) is 4.79 Å². The maximum Gasteiger partial charge on any atom is 0.349 e. The average Bonchev–Trinajstić information content (AvgIpc) is 2.75. The molecule has 0 bridgehead atoms. The molecule has 0 aliphatic heterocycles. The van der Waals surface area contributed by atoms with Crippen LogP contribution in [0.25, 0.3) is 0 Å². The normalized spacial score (nSPS) is 10.6. The number of carbonyl (C=O) groups is 2. The van der Waals surface area contributed by atoms with Crippen LogP contribution in [-0.4, -0.2) is 18.5 Å². The molecule has 0 fully saturated rings. The summed E-state index contributed by atoms with van der Waals surface area (Å²) in [5, 5.41) is 2.91. The minimum atomic E-state index is -0.508. The van der Waals surface area contributed by atoms with E-state index in [2.05, 4.69) is 19.2 Å². The molecule has 160 valence electrons. The van der Waals surface area contributed by atoms with Gasteiger partial charge in [0, 0.05) is 11.3 Å². The number of aryl methyl sites for hydroxylation is 2. The van der Waals surface area contributed by atoms with Crippen molar-refractivity contribution >= 4 is 17.6 Å². The van der Waals surface area contributed by atoms with E-state index in [1.54, 1.807) is 24.3 Å². The second-order valence-corrected chi connectivity index (χ2v) is 7.75. The monoisotopic (exact) mass is 417 g/mol. The first kappa shape index (κ1) is 22.1. The first-order chi connectivity index (χ1) is 14.8. The summed E-state index contributed by atoms with van der Waals surface area (Å²) >= 11 is 0. The topological polar surface area (TPSA) is 64.6 Å². The maximum atomic E-state index is 12.5. The van der Waals surface area contributed by atoms with Gasteiger partial charge in [0.25, 0.3) is 5.91 Å². The molecule has 0 aromatic heterocycles. The number of rotatable bonds is 7. The molecule has 0 aliphatic carbocycles. The standard InChI is InChI=1S/C26H27NO4/c1-17(2)22-7-5-6-8-24(22)30-16-25(28)31-21-13-11-20(12-14-21)26(29)27-23-15-18(3)9-10-19(23)4/h5-15,17H,16H2,1-4H3,(H,27,29). The summed E-state index contributed by atoms with van der Waals surface area (Å²) < 4.78 is 11.0. The van der Waals surface area contributed by atoms with E-state index in [1.807, 2.05) is 56.3 Å². The molecule has 0 unspecified atom stereocenters. The van der Waals surface area contributed by atoms with Crippen LogP contribution in [0.4, 0.5) is 5.69 Å². The van der Waals surface area contributed by atoms with Crippen molar-refractivity contribution in [2.45, 2.75) is 33.6 Å². The lowest BCUT2D eigenvalue weighted by molar-refractivity contribution is -0.136. The van der Waals surface area contributed by atoms with Gasteiger partial charge in [0.15, 0.2) is 6.61 Å². The van der Waals surface area contributed by atoms with Gasteiger partial charge in [0.1, 0.15) is 11.5 Å². The molecule has 1 amide bonds. The molecule has 5 nitrogen and oxygen atoms in total. The number of carbonyl (C=O) groups excluding carboxylic acids is 2. The molecule has 0 saturated heterocycles. The zero-order chi connectivity index (χ0) is 22.4. The molecule has 5 heteroatoms. The number of ether oxygens (including phenoxy) is 2. The predicted octanol–water partition coefficient (Wildman–Crippen LogP) is 5.66. The Kier molecular flexibility index (Phi) is 7.08. The SMILES string of the molecule is Cc1ccc(C)c(NC(=O)c2ccc(OC(=O)COc3ccccc3C(C)C)cc2)c1. The number of anilines is 1. The quantitative estimate of drug-likeness (QED) is 0.398. The van der Waals surface area contributed by atoms with Crippen LogP contribution < -0.4 is 14.8 Å². The smallest absolute Gasteiger partial charge is 0.349 e. The highest BCUT2D eigenvalue weighted by Gasteiger charge is 2.12. The molecule has 3 rings (SSSR count). The van der Waals surface area contributed by atoms with Crippen molar-refractivity contribution in [2.75, 3.05) is 11.9 Å². The Bertz CT molecular complexity index is 1070. The molecular weight excluding hydrogens is 390 g/mol. The summed E-state index contributed by atoms with van der Waals surface area (Å²) in [4.78, 5) is 24.7. The maximum absolute atomic E-state index is 12.5. The Hall–Kier alpha value is -3.60. The van der Waals surface area contributed by atoms with Gasteiger partial charge in [-0.05, 0) is 72.9 Å². The van der Waals surface area contributed by atoms with Crippen LogP contribution in [0.2, 0.25) is 0 Å². The highest BCUT2D eigenvalue weighted by Crippen LogP contribution is 2.26. The number of hydrogen-bond acceptors (Lipinski definition) is 4. The lowest BCUT2D eigenvalue weighted by atomic mass is 10.0. The van der Waals surface area contributed by atoms with Crippen LogP contribution in [0.15, 0.2) is 66.7 Å². The van der Waals surface area contributed by atoms with Crippen LogP contribution in [0.1, 0.15) is 46.8 Å². The average molecular weight is 418 g/mol. The molecule has 3 aromatic carbocycles. The third-order valence-corrected chi connectivity index (χ3v) is 4.88. The summed E-state index contributed by atoms with van der Waals surface area (Å²) in [6.45, 7) is 7.86. The molecule has 31 heavy (non-hydrogen) atoms. The van der Waals surface area contributed by atoms with Gasteiger partial charge in [-0.2, -0.15) is 0 Å². The molecule has 0 spiro atoms. The first-order valence-corrected chi connectivity index (χ1v) is 10.2. The van der Waals surface area contributed by atoms with E-state index >= 15 is 0 Å². The van der Waals surface area contributed by atoms with Crippen molar-refractivity contribution in [2.24, 2.45) is 0 Å². The summed E-state index contributed by atoms with van der Waals surface area (Å²) in [7, 11) is 0. The van der Waals surface area contributed by atoms with Crippen LogP contribution in [0.5, 0.6) is 11.5 Å². The number of benzene rings is 3. The Balaban J connectivity index is 1.57. The van der Waals surface area contributed by atoms with Crippen molar-refractivity contribution in [1.82, 2.24) is 0 Å². The van der Waals surface area contributed by atoms with Crippen molar-refractivity contribution in [3.63, 3.8) is 0 Å². The molecule has 0 heterocycles. The summed E-state index contributed by atoms with van der Waals surface area (Å²) in [5.41, 5.74) is 4.35. The van der Waals surface area contributed by atoms with E-state index in [4.69, 9.17) is 9.47 Å². The number of hydrogen-bond donors (Lipinski definition) is 1. The highest BCUT2D eigenvalue weighted by molar-refractivity contribution is 6.04. The lowest BCUT2D eigenvalue weighted by Gasteiger charge is -2.13. The molecule has 0 radical (unpaired) electrons. The van der Waals surface area contributed by atoms with Crippen LogP contribution in [0, 0.1) is 13.8 Å². The van der Waals surface area contributed by atoms with Gasteiger partial charge in [-0.1, -0.05) is 44.2 Å². The minimum Gasteiger partial charge on any atom is -0.482 e.